The summed E-state index contributed by atoms with van der Waals surface area (Å²) >= 11 is 0. The molecule has 4 aromatic heterocycles. The first-order valence-corrected chi connectivity index (χ1v) is 19.1. The van der Waals surface area contributed by atoms with Gasteiger partial charge in [-0.25, -0.2) is 4.98 Å². The second kappa shape index (κ2) is 12.3. The summed E-state index contributed by atoms with van der Waals surface area (Å²) in [6.45, 7) is 0. The highest BCUT2D eigenvalue weighted by Crippen LogP contribution is 2.41. The van der Waals surface area contributed by atoms with Gasteiger partial charge >= 0.3 is 0 Å². The molecule has 0 N–H and O–H groups in total. The number of nitrogens with zero attached hydrogens (tertiary/aromatic N) is 5. The summed E-state index contributed by atoms with van der Waals surface area (Å²) in [6.07, 6.45) is 0. The Morgan fingerprint density at radius 3 is 1.58 bits per heavy atom. The monoisotopic (exact) mass is 729 g/mol. The molecule has 0 aliphatic rings. The first kappa shape index (κ1) is 31.5. The quantitative estimate of drug-likeness (QED) is 0.177. The summed E-state index contributed by atoms with van der Waals surface area (Å²) in [5.74, 6) is 1.72. The number of hydrogen-bond donors (Lipinski definition) is 0. The number of para-hydroxylation sites is 4. The highest BCUT2D eigenvalue weighted by Gasteiger charge is 2.21. The highest BCUT2D eigenvalue weighted by molar-refractivity contribution is 6.24. The van der Waals surface area contributed by atoms with Crippen LogP contribution in [0.1, 0.15) is 0 Å². The summed E-state index contributed by atoms with van der Waals surface area (Å²) in [7, 11) is 0. The van der Waals surface area contributed by atoms with Gasteiger partial charge in [0, 0.05) is 43.7 Å². The van der Waals surface area contributed by atoms with Gasteiger partial charge in [-0.05, 0) is 65.7 Å². The van der Waals surface area contributed by atoms with E-state index in [1.54, 1.807) is 0 Å². The van der Waals surface area contributed by atoms with Crippen LogP contribution < -0.4 is 0 Å². The maximum Gasteiger partial charge on any atom is 0.238 e. The van der Waals surface area contributed by atoms with Crippen LogP contribution in [0.2, 0.25) is 0 Å². The van der Waals surface area contributed by atoms with Crippen molar-refractivity contribution in [2.45, 2.75) is 0 Å². The number of aromatic nitrogens is 5. The van der Waals surface area contributed by atoms with E-state index in [9.17, 15) is 0 Å². The molecule has 0 saturated carbocycles. The molecule has 0 saturated heterocycles. The van der Waals surface area contributed by atoms with Crippen LogP contribution in [0.4, 0.5) is 0 Å². The van der Waals surface area contributed by atoms with E-state index >= 15 is 0 Å². The second-order valence-electron chi connectivity index (χ2n) is 14.4. The molecule has 0 unspecified atom stereocenters. The Morgan fingerprint density at radius 2 is 0.877 bits per heavy atom. The zero-order valence-electron chi connectivity index (χ0n) is 30.5. The Kier molecular flexibility index (Phi) is 6.83. The molecule has 0 atom stereocenters. The van der Waals surface area contributed by atoms with Crippen LogP contribution in [0, 0.1) is 0 Å². The van der Waals surface area contributed by atoms with Crippen molar-refractivity contribution in [3.63, 3.8) is 0 Å². The largest absolute Gasteiger partial charge is 0.455 e. The standard InChI is InChI=1S/C51H31N5O/c1-3-13-32(14-4-1)33-23-25-34(26-24-33)49-52-50(54-51(53-49)56-42-20-10-7-17-37(42)38-18-8-11-21-43(38)56)35-27-28-39-40-29-30-45-47(48(40)57-46(39)31-35)41-19-9-12-22-44(41)55(45)36-15-5-2-6-16-36/h1-31H. The fourth-order valence-corrected chi connectivity index (χ4v) is 8.58. The molecule has 8 aromatic carbocycles. The average molecular weight is 730 g/mol. The molecule has 12 rings (SSSR count). The van der Waals surface area contributed by atoms with Crippen LogP contribution in [0.25, 0.3) is 111 Å². The number of fused-ring (bicyclic) bond motifs is 10. The van der Waals surface area contributed by atoms with E-state index in [2.05, 4.69) is 191 Å². The fraction of sp³-hybridized carbons (Fsp3) is 0. The molecule has 6 heteroatoms. The topological polar surface area (TPSA) is 61.7 Å². The fourth-order valence-electron chi connectivity index (χ4n) is 8.58. The third-order valence-electron chi connectivity index (χ3n) is 11.2. The van der Waals surface area contributed by atoms with Crippen molar-refractivity contribution < 1.29 is 4.42 Å². The van der Waals surface area contributed by atoms with Gasteiger partial charge in [-0.2, -0.15) is 9.97 Å². The van der Waals surface area contributed by atoms with Crippen molar-refractivity contribution in [3.8, 4) is 45.5 Å². The highest BCUT2D eigenvalue weighted by atomic mass is 16.3. The summed E-state index contributed by atoms with van der Waals surface area (Å²) in [5.41, 5.74) is 11.1. The minimum Gasteiger partial charge on any atom is -0.455 e. The van der Waals surface area contributed by atoms with Crippen LogP contribution in [0.3, 0.4) is 0 Å². The zero-order chi connectivity index (χ0) is 37.5. The maximum atomic E-state index is 6.88. The number of benzene rings is 8. The Morgan fingerprint density at radius 1 is 0.351 bits per heavy atom. The number of rotatable bonds is 5. The summed E-state index contributed by atoms with van der Waals surface area (Å²) in [4.78, 5) is 15.6. The molecule has 0 fully saturated rings. The Bertz CT molecular complexity index is 3450. The summed E-state index contributed by atoms with van der Waals surface area (Å²) < 4.78 is 11.3. The van der Waals surface area contributed by atoms with Gasteiger partial charge in [0.1, 0.15) is 11.2 Å². The van der Waals surface area contributed by atoms with Gasteiger partial charge in [0.05, 0.1) is 27.5 Å². The van der Waals surface area contributed by atoms with E-state index in [-0.39, 0.29) is 0 Å². The molecule has 0 aliphatic heterocycles. The third-order valence-corrected chi connectivity index (χ3v) is 11.2. The SMILES string of the molecule is c1ccc(-c2ccc(-c3nc(-c4ccc5c(c4)oc4c5ccc5c4c4ccccc4n5-c4ccccc4)nc(-n4c5ccccc5c5ccccc54)n3)cc2)cc1. The van der Waals surface area contributed by atoms with Crippen LogP contribution in [0.5, 0.6) is 0 Å². The molecule has 0 spiro atoms. The third kappa shape index (κ3) is 4.87. The van der Waals surface area contributed by atoms with Crippen molar-refractivity contribution in [2.75, 3.05) is 0 Å². The van der Waals surface area contributed by atoms with Crippen LogP contribution in [0.15, 0.2) is 192 Å². The Labute approximate surface area is 326 Å². The van der Waals surface area contributed by atoms with Gasteiger partial charge in [-0.3, -0.25) is 4.57 Å². The molecular formula is C51H31N5O. The van der Waals surface area contributed by atoms with Gasteiger partial charge < -0.3 is 8.98 Å². The van der Waals surface area contributed by atoms with Crippen LogP contribution in [-0.2, 0) is 0 Å². The lowest BCUT2D eigenvalue weighted by Gasteiger charge is -2.11. The van der Waals surface area contributed by atoms with Gasteiger partial charge in [-0.15, -0.1) is 0 Å². The van der Waals surface area contributed by atoms with Crippen molar-refractivity contribution in [1.82, 2.24) is 24.1 Å². The Hall–Kier alpha value is -7.83. The summed E-state index contributed by atoms with van der Waals surface area (Å²) in [5, 5.41) is 6.65. The van der Waals surface area contributed by atoms with E-state index in [0.29, 0.717) is 17.6 Å². The molecule has 0 aliphatic carbocycles. The lowest BCUT2D eigenvalue weighted by Crippen LogP contribution is -2.06. The molecule has 6 nitrogen and oxygen atoms in total. The number of furan rings is 1. The van der Waals surface area contributed by atoms with E-state index in [1.807, 2.05) is 6.07 Å². The van der Waals surface area contributed by atoms with Crippen molar-refractivity contribution in [1.29, 1.82) is 0 Å². The van der Waals surface area contributed by atoms with E-state index in [0.717, 1.165) is 93.5 Å². The number of hydrogen-bond acceptors (Lipinski definition) is 4. The normalized spacial score (nSPS) is 11.9. The van der Waals surface area contributed by atoms with Gasteiger partial charge in [0.2, 0.25) is 5.95 Å². The van der Waals surface area contributed by atoms with Crippen LogP contribution in [-0.4, -0.2) is 24.1 Å². The second-order valence-corrected chi connectivity index (χ2v) is 14.4. The predicted molar refractivity (Wildman–Crippen MR) is 232 cm³/mol. The van der Waals surface area contributed by atoms with Crippen molar-refractivity contribution >= 4 is 65.6 Å². The lowest BCUT2D eigenvalue weighted by atomic mass is 10.0. The van der Waals surface area contributed by atoms with Crippen molar-refractivity contribution in [2.24, 2.45) is 0 Å². The van der Waals surface area contributed by atoms with Crippen molar-refractivity contribution in [3.05, 3.63) is 188 Å². The van der Waals surface area contributed by atoms with Gasteiger partial charge in [0.25, 0.3) is 0 Å². The minimum atomic E-state index is 0.555. The van der Waals surface area contributed by atoms with E-state index in [1.165, 1.54) is 0 Å². The molecule has 57 heavy (non-hydrogen) atoms. The van der Waals surface area contributed by atoms with Crippen LogP contribution >= 0.6 is 0 Å². The molecule has 0 amide bonds. The lowest BCUT2D eigenvalue weighted by molar-refractivity contribution is 0.673. The van der Waals surface area contributed by atoms with E-state index in [4.69, 9.17) is 19.4 Å². The average Bonchev–Trinajstić information content (AvgIpc) is 3.94. The molecule has 0 bridgehead atoms. The molecule has 4 heterocycles. The first-order valence-electron chi connectivity index (χ1n) is 19.1. The molecule has 12 aromatic rings. The maximum absolute atomic E-state index is 6.88. The molecular weight excluding hydrogens is 699 g/mol. The minimum absolute atomic E-state index is 0.555. The van der Waals surface area contributed by atoms with E-state index < -0.39 is 0 Å². The smallest absolute Gasteiger partial charge is 0.238 e. The predicted octanol–water partition coefficient (Wildman–Crippen LogP) is 13.0. The zero-order valence-corrected chi connectivity index (χ0v) is 30.5. The van der Waals surface area contributed by atoms with Gasteiger partial charge in [0.15, 0.2) is 11.6 Å². The first-order chi connectivity index (χ1) is 28.3. The summed E-state index contributed by atoms with van der Waals surface area (Å²) in [6, 6.07) is 65.5. The molecule has 266 valence electrons. The van der Waals surface area contributed by atoms with Gasteiger partial charge in [-0.1, -0.05) is 133 Å². The Balaban J connectivity index is 1.07. The molecule has 0 radical (unpaired) electrons.